The van der Waals surface area contributed by atoms with Gasteiger partial charge in [0.25, 0.3) is 0 Å². The van der Waals surface area contributed by atoms with Crippen LogP contribution in [0.25, 0.3) is 27.6 Å². The first-order chi connectivity index (χ1) is 14.9. The van der Waals surface area contributed by atoms with Crippen LogP contribution in [0.4, 0.5) is 5.82 Å². The molecule has 0 atom stereocenters. The van der Waals surface area contributed by atoms with Crippen molar-refractivity contribution in [1.29, 1.82) is 0 Å². The van der Waals surface area contributed by atoms with Gasteiger partial charge in [0, 0.05) is 53.5 Å². The quantitative estimate of drug-likeness (QED) is 0.407. The third kappa shape index (κ3) is 6.01. The average molecular weight is 414 g/mol. The number of benzene rings is 1. The van der Waals surface area contributed by atoms with Crippen LogP contribution in [0.2, 0.25) is 0 Å². The van der Waals surface area contributed by atoms with E-state index in [1.165, 1.54) is 6.42 Å². The molecule has 0 aliphatic carbocycles. The lowest BCUT2D eigenvalue weighted by molar-refractivity contribution is 0.626. The molecule has 0 aliphatic heterocycles. The number of aromatic nitrogens is 4. The normalized spacial score (nSPS) is 10.6. The summed E-state index contributed by atoms with van der Waals surface area (Å²) in [6.07, 6.45) is 8.84. The molecule has 3 heterocycles. The first-order valence-corrected chi connectivity index (χ1v) is 10.6. The largest absolute Gasteiger partial charge is 0.340 e. The number of hydrogen-bond donors (Lipinski definition) is 1. The predicted octanol–water partition coefficient (Wildman–Crippen LogP) is 6.47. The SMILES string of the molecule is C=C(Nc1cc2cc(-c3cnn(C)c3)ccc2cn1)c1ccnc(C)c1.CCC(C)C. The third-order valence-electron chi connectivity index (χ3n) is 5.10. The second-order valence-electron chi connectivity index (χ2n) is 8.13. The Hall–Kier alpha value is -3.47. The highest BCUT2D eigenvalue weighted by Gasteiger charge is 2.05. The van der Waals surface area contributed by atoms with Crippen molar-refractivity contribution in [3.8, 4) is 11.1 Å². The minimum absolute atomic E-state index is 0.764. The van der Waals surface area contributed by atoms with Crippen LogP contribution in [0.1, 0.15) is 38.4 Å². The number of pyridine rings is 2. The molecule has 0 spiro atoms. The van der Waals surface area contributed by atoms with Crippen LogP contribution in [0, 0.1) is 12.8 Å². The molecular weight excluding hydrogens is 382 g/mol. The molecule has 4 aromatic rings. The van der Waals surface area contributed by atoms with Crippen molar-refractivity contribution >= 4 is 22.3 Å². The maximum atomic E-state index is 4.50. The van der Waals surface area contributed by atoms with E-state index in [2.05, 4.69) is 65.9 Å². The Morgan fingerprint density at radius 2 is 1.81 bits per heavy atom. The minimum Gasteiger partial charge on any atom is -0.340 e. The number of hydrogen-bond acceptors (Lipinski definition) is 4. The van der Waals surface area contributed by atoms with Crippen molar-refractivity contribution < 1.29 is 0 Å². The van der Waals surface area contributed by atoms with Gasteiger partial charge in [0.2, 0.25) is 0 Å². The van der Waals surface area contributed by atoms with Crippen LogP contribution < -0.4 is 5.32 Å². The maximum absolute atomic E-state index is 4.50. The summed E-state index contributed by atoms with van der Waals surface area (Å²) in [5.74, 6) is 1.65. The molecule has 0 bridgehead atoms. The van der Waals surface area contributed by atoms with Gasteiger partial charge in [0.1, 0.15) is 5.82 Å². The third-order valence-corrected chi connectivity index (χ3v) is 5.10. The van der Waals surface area contributed by atoms with Crippen molar-refractivity contribution in [3.63, 3.8) is 0 Å². The molecule has 160 valence electrons. The summed E-state index contributed by atoms with van der Waals surface area (Å²) in [6, 6.07) is 12.3. The van der Waals surface area contributed by atoms with Gasteiger partial charge in [0.15, 0.2) is 0 Å². The van der Waals surface area contributed by atoms with Crippen LogP contribution in [-0.2, 0) is 7.05 Å². The molecule has 4 rings (SSSR count). The minimum atomic E-state index is 0.764. The molecular formula is C26H31N5. The summed E-state index contributed by atoms with van der Waals surface area (Å²) in [5, 5.41) is 9.74. The number of nitrogens with one attached hydrogen (secondary N) is 1. The molecule has 1 N–H and O–H groups in total. The van der Waals surface area contributed by atoms with E-state index in [-0.39, 0.29) is 0 Å². The van der Waals surface area contributed by atoms with Crippen molar-refractivity contribution in [1.82, 2.24) is 19.7 Å². The summed E-state index contributed by atoms with van der Waals surface area (Å²) < 4.78 is 1.81. The Kier molecular flexibility index (Phi) is 7.19. The molecule has 31 heavy (non-hydrogen) atoms. The number of nitrogens with zero attached hydrogens (tertiary/aromatic N) is 4. The lowest BCUT2D eigenvalue weighted by atomic mass is 10.0. The monoisotopic (exact) mass is 413 g/mol. The molecule has 0 radical (unpaired) electrons. The van der Waals surface area contributed by atoms with Crippen LogP contribution in [0.15, 0.2) is 67.8 Å². The van der Waals surface area contributed by atoms with Gasteiger partial charge in [0.05, 0.1) is 6.20 Å². The number of anilines is 1. The zero-order valence-electron chi connectivity index (χ0n) is 19.1. The smallest absolute Gasteiger partial charge is 0.130 e. The van der Waals surface area contributed by atoms with Gasteiger partial charge < -0.3 is 5.32 Å². The van der Waals surface area contributed by atoms with E-state index in [4.69, 9.17) is 0 Å². The standard InChI is InChI=1S/C21H19N5.C5H12/c1-14-8-16(6-7-22-14)15(2)25-21-10-19-9-17(4-5-18(19)11-23-21)20-12-24-26(3)13-20;1-4-5(2)3/h4-13H,2H2,1,3H3,(H,23,25);5H,4H2,1-3H3. The van der Waals surface area contributed by atoms with E-state index in [0.29, 0.717) is 0 Å². The Morgan fingerprint density at radius 3 is 2.45 bits per heavy atom. The average Bonchev–Trinajstić information content (AvgIpc) is 3.20. The lowest BCUT2D eigenvalue weighted by Crippen LogP contribution is -2.00. The molecule has 0 aliphatic rings. The Labute approximate surface area is 184 Å². The maximum Gasteiger partial charge on any atom is 0.130 e. The zero-order valence-corrected chi connectivity index (χ0v) is 19.1. The predicted molar refractivity (Wildman–Crippen MR) is 131 cm³/mol. The molecule has 5 heteroatoms. The second-order valence-corrected chi connectivity index (χ2v) is 8.13. The van der Waals surface area contributed by atoms with Crippen LogP contribution in [0.5, 0.6) is 0 Å². The van der Waals surface area contributed by atoms with Gasteiger partial charge in [-0.1, -0.05) is 45.9 Å². The highest BCUT2D eigenvalue weighted by molar-refractivity contribution is 5.89. The lowest BCUT2D eigenvalue weighted by Gasteiger charge is -2.10. The summed E-state index contributed by atoms with van der Waals surface area (Å²) >= 11 is 0. The molecule has 5 nitrogen and oxygen atoms in total. The summed E-state index contributed by atoms with van der Waals surface area (Å²) in [7, 11) is 1.92. The molecule has 0 unspecified atom stereocenters. The molecule has 0 saturated carbocycles. The van der Waals surface area contributed by atoms with Gasteiger partial charge in [-0.2, -0.15) is 5.10 Å². The molecule has 0 saturated heterocycles. The van der Waals surface area contributed by atoms with Crippen molar-refractivity contribution in [2.45, 2.75) is 34.1 Å². The molecule has 1 aromatic carbocycles. The van der Waals surface area contributed by atoms with E-state index in [0.717, 1.165) is 50.6 Å². The molecule has 0 amide bonds. The fourth-order valence-corrected chi connectivity index (χ4v) is 2.92. The number of fused-ring (bicyclic) bond motifs is 1. The summed E-state index contributed by atoms with van der Waals surface area (Å²) in [5.41, 5.74) is 4.98. The number of aryl methyl sites for hydroxylation is 2. The van der Waals surface area contributed by atoms with Crippen LogP contribution in [0.3, 0.4) is 0 Å². The Balaban J connectivity index is 0.000000491. The van der Waals surface area contributed by atoms with Gasteiger partial charge in [-0.15, -0.1) is 0 Å². The highest BCUT2D eigenvalue weighted by atomic mass is 15.2. The summed E-state index contributed by atoms with van der Waals surface area (Å²) in [6.45, 7) is 12.7. The Bertz CT molecular complexity index is 1170. The van der Waals surface area contributed by atoms with Gasteiger partial charge in [-0.3, -0.25) is 9.67 Å². The van der Waals surface area contributed by atoms with Gasteiger partial charge in [-0.25, -0.2) is 4.98 Å². The second kappa shape index (κ2) is 10.0. The topological polar surface area (TPSA) is 55.6 Å². The fraction of sp³-hybridized carbons (Fsp3) is 0.269. The van der Waals surface area contributed by atoms with Crippen molar-refractivity contribution in [3.05, 3.63) is 79.0 Å². The van der Waals surface area contributed by atoms with Crippen molar-refractivity contribution in [2.24, 2.45) is 13.0 Å². The van der Waals surface area contributed by atoms with Crippen LogP contribution in [-0.4, -0.2) is 19.7 Å². The van der Waals surface area contributed by atoms with E-state index in [1.54, 1.807) is 10.9 Å². The van der Waals surface area contributed by atoms with Crippen LogP contribution >= 0.6 is 0 Å². The van der Waals surface area contributed by atoms with E-state index in [1.807, 2.05) is 50.8 Å². The van der Waals surface area contributed by atoms with Gasteiger partial charge >= 0.3 is 0 Å². The van der Waals surface area contributed by atoms with Gasteiger partial charge in [-0.05, 0) is 48.1 Å². The fourth-order valence-electron chi connectivity index (χ4n) is 2.92. The van der Waals surface area contributed by atoms with Crippen molar-refractivity contribution in [2.75, 3.05) is 5.32 Å². The first kappa shape index (κ1) is 22.2. The first-order valence-electron chi connectivity index (χ1n) is 10.6. The van der Waals surface area contributed by atoms with E-state index in [9.17, 15) is 0 Å². The summed E-state index contributed by atoms with van der Waals surface area (Å²) in [4.78, 5) is 8.72. The highest BCUT2D eigenvalue weighted by Crippen LogP contribution is 2.26. The Morgan fingerprint density at radius 1 is 1.03 bits per heavy atom. The van der Waals surface area contributed by atoms with E-state index >= 15 is 0 Å². The molecule has 3 aromatic heterocycles. The number of rotatable bonds is 5. The zero-order chi connectivity index (χ0) is 22.4. The molecule has 0 fully saturated rings. The van der Waals surface area contributed by atoms with E-state index < -0.39 is 0 Å².